The minimum Gasteiger partial charge on any atom is -0.347 e. The summed E-state index contributed by atoms with van der Waals surface area (Å²) in [7, 11) is 0. The van der Waals surface area contributed by atoms with Gasteiger partial charge in [0.15, 0.2) is 5.41 Å². The Hall–Kier alpha value is -2.77. The summed E-state index contributed by atoms with van der Waals surface area (Å²) in [6, 6.07) is 1.59. The summed E-state index contributed by atoms with van der Waals surface area (Å²) >= 11 is 0. The van der Waals surface area contributed by atoms with Crippen LogP contribution >= 0.6 is 0 Å². The molecule has 1 saturated heterocycles. The van der Waals surface area contributed by atoms with E-state index in [1.807, 2.05) is 20.8 Å². The average molecular weight is 402 g/mol. The van der Waals surface area contributed by atoms with E-state index in [4.69, 9.17) is 0 Å². The van der Waals surface area contributed by atoms with Crippen molar-refractivity contribution < 1.29 is 19.2 Å². The van der Waals surface area contributed by atoms with E-state index in [-0.39, 0.29) is 18.2 Å². The van der Waals surface area contributed by atoms with Gasteiger partial charge in [0.05, 0.1) is 6.04 Å². The third-order valence-corrected chi connectivity index (χ3v) is 5.37. The summed E-state index contributed by atoms with van der Waals surface area (Å²) in [6.07, 6.45) is 6.94. The zero-order valence-corrected chi connectivity index (χ0v) is 17.3. The van der Waals surface area contributed by atoms with Gasteiger partial charge in [-0.15, -0.1) is 0 Å². The minimum absolute atomic E-state index is 0.178. The van der Waals surface area contributed by atoms with Crippen molar-refractivity contribution in [3.05, 3.63) is 30.1 Å². The molecule has 1 aliphatic heterocycles. The summed E-state index contributed by atoms with van der Waals surface area (Å²) in [5.74, 6) is -1.79. The van der Waals surface area contributed by atoms with Crippen molar-refractivity contribution in [1.82, 2.24) is 20.9 Å². The van der Waals surface area contributed by atoms with Crippen LogP contribution in [0.5, 0.6) is 0 Å². The zero-order chi connectivity index (χ0) is 21.4. The highest BCUT2D eigenvalue weighted by atomic mass is 16.2. The molecule has 0 radical (unpaired) electrons. The minimum atomic E-state index is -1.62. The zero-order valence-electron chi connectivity index (χ0n) is 17.3. The molecule has 0 aromatic carbocycles. The first-order chi connectivity index (χ1) is 13.9. The smallest absolute Gasteiger partial charge is 0.328 e. The fourth-order valence-electron chi connectivity index (χ4n) is 4.00. The van der Waals surface area contributed by atoms with Crippen LogP contribution in [0.1, 0.15) is 70.9 Å². The number of hydrogen-bond donors (Lipinski definition) is 3. The quantitative estimate of drug-likeness (QED) is 0.520. The van der Waals surface area contributed by atoms with Crippen LogP contribution in [0, 0.1) is 11.3 Å². The number of aromatic nitrogens is 1. The first kappa shape index (κ1) is 22.5. The molecule has 0 saturated carbocycles. The van der Waals surface area contributed by atoms with Gasteiger partial charge in [-0.3, -0.25) is 30.0 Å². The van der Waals surface area contributed by atoms with Gasteiger partial charge in [-0.2, -0.15) is 0 Å². The molecular formula is C21H30N4O4. The van der Waals surface area contributed by atoms with E-state index in [0.717, 1.165) is 25.7 Å². The topological polar surface area (TPSA) is 117 Å². The summed E-state index contributed by atoms with van der Waals surface area (Å²) < 4.78 is 0. The van der Waals surface area contributed by atoms with E-state index in [0.29, 0.717) is 12.0 Å². The van der Waals surface area contributed by atoms with Gasteiger partial charge < -0.3 is 5.32 Å². The molecule has 0 aliphatic carbocycles. The molecule has 29 heavy (non-hydrogen) atoms. The van der Waals surface area contributed by atoms with E-state index in [2.05, 4.69) is 20.9 Å². The SMILES string of the molecule is CCCC(CCC)C(=O)NC(c1ccncc1)C1(CCC)C(=O)NC(=O)NC1=O. The van der Waals surface area contributed by atoms with Crippen LogP contribution in [0.3, 0.4) is 0 Å². The Morgan fingerprint density at radius 3 is 2.03 bits per heavy atom. The van der Waals surface area contributed by atoms with E-state index in [1.165, 1.54) is 0 Å². The maximum Gasteiger partial charge on any atom is 0.328 e. The van der Waals surface area contributed by atoms with Crippen molar-refractivity contribution in [1.29, 1.82) is 0 Å². The molecule has 1 fully saturated rings. The number of nitrogens with one attached hydrogen (secondary N) is 3. The van der Waals surface area contributed by atoms with Crippen LogP contribution < -0.4 is 16.0 Å². The van der Waals surface area contributed by atoms with Gasteiger partial charge in [-0.1, -0.05) is 40.0 Å². The lowest BCUT2D eigenvalue weighted by Gasteiger charge is -2.41. The highest BCUT2D eigenvalue weighted by Gasteiger charge is 2.56. The van der Waals surface area contributed by atoms with Gasteiger partial charge in [0.1, 0.15) is 0 Å². The molecule has 2 rings (SSSR count). The lowest BCUT2D eigenvalue weighted by molar-refractivity contribution is -0.148. The highest BCUT2D eigenvalue weighted by Crippen LogP contribution is 2.40. The van der Waals surface area contributed by atoms with Crippen LogP contribution in [-0.4, -0.2) is 28.7 Å². The molecule has 0 spiro atoms. The average Bonchev–Trinajstić information content (AvgIpc) is 2.69. The van der Waals surface area contributed by atoms with Crippen molar-refractivity contribution in [2.45, 2.75) is 65.3 Å². The van der Waals surface area contributed by atoms with Gasteiger partial charge in [0.2, 0.25) is 17.7 Å². The van der Waals surface area contributed by atoms with Crippen molar-refractivity contribution in [2.75, 3.05) is 0 Å². The van der Waals surface area contributed by atoms with E-state index in [9.17, 15) is 19.2 Å². The number of nitrogens with zero attached hydrogens (tertiary/aromatic N) is 1. The molecule has 1 aromatic rings. The monoisotopic (exact) mass is 402 g/mol. The lowest BCUT2D eigenvalue weighted by atomic mass is 9.71. The van der Waals surface area contributed by atoms with Gasteiger partial charge >= 0.3 is 6.03 Å². The summed E-state index contributed by atoms with van der Waals surface area (Å²) in [4.78, 5) is 54.8. The van der Waals surface area contributed by atoms with E-state index in [1.54, 1.807) is 24.5 Å². The summed E-state index contributed by atoms with van der Waals surface area (Å²) in [5.41, 5.74) is -1.03. The summed E-state index contributed by atoms with van der Waals surface area (Å²) in [5, 5.41) is 7.40. The van der Waals surface area contributed by atoms with Crippen molar-refractivity contribution in [2.24, 2.45) is 11.3 Å². The Morgan fingerprint density at radius 1 is 1.00 bits per heavy atom. The Labute approximate surface area is 171 Å². The Balaban J connectivity index is 2.51. The van der Waals surface area contributed by atoms with Crippen LogP contribution in [0.4, 0.5) is 4.79 Å². The first-order valence-corrected chi connectivity index (χ1v) is 10.3. The van der Waals surface area contributed by atoms with Crippen molar-refractivity contribution >= 4 is 23.8 Å². The molecule has 8 heteroatoms. The number of rotatable bonds is 10. The van der Waals surface area contributed by atoms with Crippen LogP contribution in [0.2, 0.25) is 0 Å². The number of urea groups is 1. The molecule has 1 aliphatic rings. The maximum absolute atomic E-state index is 13.1. The molecule has 158 valence electrons. The van der Waals surface area contributed by atoms with Crippen LogP contribution in [-0.2, 0) is 14.4 Å². The Morgan fingerprint density at radius 2 is 1.55 bits per heavy atom. The van der Waals surface area contributed by atoms with E-state index >= 15 is 0 Å². The van der Waals surface area contributed by atoms with Gasteiger partial charge in [0, 0.05) is 18.3 Å². The Kier molecular flexibility index (Phi) is 7.87. The van der Waals surface area contributed by atoms with Crippen LogP contribution in [0.25, 0.3) is 0 Å². The fraction of sp³-hybridized carbons (Fsp3) is 0.571. The van der Waals surface area contributed by atoms with Gasteiger partial charge in [-0.05, 0) is 37.0 Å². The first-order valence-electron chi connectivity index (χ1n) is 10.3. The number of barbiturate groups is 1. The normalized spacial score (nSPS) is 16.9. The number of imide groups is 2. The standard InChI is InChI=1S/C21H30N4O4/c1-4-7-15(8-5-2)17(26)23-16(14-9-12-22-13-10-14)21(11-6-3)18(27)24-20(29)25-19(21)28/h9-10,12-13,15-16H,4-8,11H2,1-3H3,(H,23,26)(H2,24,25,27,28,29). The molecule has 1 atom stereocenters. The fourth-order valence-corrected chi connectivity index (χ4v) is 4.00. The Bertz CT molecular complexity index is 724. The van der Waals surface area contributed by atoms with Gasteiger partial charge in [0.25, 0.3) is 0 Å². The lowest BCUT2D eigenvalue weighted by Crippen LogP contribution is -2.66. The molecule has 1 aromatic heterocycles. The van der Waals surface area contributed by atoms with E-state index < -0.39 is 29.3 Å². The van der Waals surface area contributed by atoms with Crippen molar-refractivity contribution in [3.63, 3.8) is 0 Å². The molecule has 8 nitrogen and oxygen atoms in total. The molecule has 5 amide bonds. The van der Waals surface area contributed by atoms with Gasteiger partial charge in [-0.25, -0.2) is 4.79 Å². The van der Waals surface area contributed by atoms with Crippen LogP contribution in [0.15, 0.2) is 24.5 Å². The molecule has 3 N–H and O–H groups in total. The third kappa shape index (κ3) is 4.81. The predicted octanol–water partition coefficient (Wildman–Crippen LogP) is 2.61. The third-order valence-electron chi connectivity index (χ3n) is 5.37. The number of hydrogen-bond acceptors (Lipinski definition) is 5. The second-order valence-electron chi connectivity index (χ2n) is 7.46. The number of carbonyl (C=O) groups is 4. The molecule has 1 unspecified atom stereocenters. The number of pyridine rings is 1. The molecule has 2 heterocycles. The predicted molar refractivity (Wildman–Crippen MR) is 107 cm³/mol. The number of carbonyl (C=O) groups excluding carboxylic acids is 4. The maximum atomic E-state index is 13.1. The summed E-state index contributed by atoms with van der Waals surface area (Å²) in [6.45, 7) is 5.88. The molecule has 0 bridgehead atoms. The van der Waals surface area contributed by atoms with Crippen molar-refractivity contribution in [3.8, 4) is 0 Å². The molecular weight excluding hydrogens is 372 g/mol. The number of amides is 5. The highest BCUT2D eigenvalue weighted by molar-refractivity contribution is 6.19. The second-order valence-corrected chi connectivity index (χ2v) is 7.46. The second kappa shape index (κ2) is 10.1. The largest absolute Gasteiger partial charge is 0.347 e.